The van der Waals surface area contributed by atoms with Crippen molar-refractivity contribution in [2.75, 3.05) is 6.61 Å². The van der Waals surface area contributed by atoms with Crippen LogP contribution in [0.5, 0.6) is 0 Å². The van der Waals surface area contributed by atoms with Gasteiger partial charge in [-0.1, -0.05) is 32.4 Å². The molecule has 0 aliphatic carbocycles. The molecule has 1 aliphatic rings. The number of carboxylic acid groups (broad SMARTS) is 1. The molecule has 1 fully saturated rings. The Hall–Kier alpha value is -1.19. The molecule has 2 atom stereocenters. The van der Waals surface area contributed by atoms with Crippen molar-refractivity contribution < 1.29 is 32.0 Å². The molecule has 28 heavy (non-hydrogen) atoms. The predicted octanol–water partition coefficient (Wildman–Crippen LogP) is 3.85. The highest BCUT2D eigenvalue weighted by molar-refractivity contribution is 7.86. The Bertz CT molecular complexity index is 812. The lowest BCUT2D eigenvalue weighted by Crippen LogP contribution is -2.60. The molecule has 0 bridgehead atoms. The van der Waals surface area contributed by atoms with Gasteiger partial charge in [-0.2, -0.15) is 8.42 Å². The number of halogens is 1. The zero-order valence-electron chi connectivity index (χ0n) is 16.7. The Morgan fingerprint density at radius 1 is 1.29 bits per heavy atom. The third kappa shape index (κ3) is 5.45. The number of carbonyl (C=O) groups is 1. The van der Waals surface area contributed by atoms with E-state index in [1.165, 1.54) is 24.3 Å². The fourth-order valence-electron chi connectivity index (χ4n) is 3.35. The van der Waals surface area contributed by atoms with Crippen molar-refractivity contribution in [3.05, 3.63) is 29.3 Å². The lowest BCUT2D eigenvalue weighted by atomic mass is 9.70. The van der Waals surface area contributed by atoms with Gasteiger partial charge in [-0.25, -0.2) is 0 Å². The largest absolute Gasteiger partial charge is 0.481 e. The molecule has 0 saturated carbocycles. The van der Waals surface area contributed by atoms with Crippen molar-refractivity contribution in [3.63, 3.8) is 0 Å². The van der Waals surface area contributed by atoms with Crippen LogP contribution in [0.15, 0.2) is 29.2 Å². The topological polar surface area (TPSA) is 99.1 Å². The van der Waals surface area contributed by atoms with Crippen LogP contribution in [0.4, 0.5) is 0 Å². The maximum Gasteiger partial charge on any atom is 0.306 e. The van der Waals surface area contributed by atoms with Crippen LogP contribution < -0.4 is 0 Å². The number of aliphatic carboxylic acids is 1. The number of rotatable bonds is 6. The second kappa shape index (κ2) is 7.91. The highest BCUT2D eigenvalue weighted by Crippen LogP contribution is 2.47. The molecule has 0 amide bonds. The first-order chi connectivity index (χ1) is 12.7. The van der Waals surface area contributed by atoms with Gasteiger partial charge in [0.25, 0.3) is 10.1 Å². The summed E-state index contributed by atoms with van der Waals surface area (Å²) >= 11 is 5.79. The fourth-order valence-corrected chi connectivity index (χ4v) is 4.41. The molecule has 1 aromatic carbocycles. The third-order valence-electron chi connectivity index (χ3n) is 4.76. The monoisotopic (exact) mass is 434 g/mol. The highest BCUT2D eigenvalue weighted by atomic mass is 35.5. The standard InChI is InChI=1S/C19H27ClO7S/c1-17(2,3)19(11-16(21)22)10-14(26-18(4,5)27-19)12-25-28(23,24)15-8-6-13(20)7-9-15/h6-9,14H,10-12H2,1-5H3,(H,21,22)/t14-,19+/m0/s1. The van der Waals surface area contributed by atoms with E-state index >= 15 is 0 Å². The Labute approximate surface area is 171 Å². The van der Waals surface area contributed by atoms with Gasteiger partial charge in [-0.05, 0) is 43.5 Å². The molecule has 1 heterocycles. The molecule has 0 radical (unpaired) electrons. The number of benzene rings is 1. The van der Waals surface area contributed by atoms with Crippen LogP contribution in [0.1, 0.15) is 47.5 Å². The summed E-state index contributed by atoms with van der Waals surface area (Å²) in [7, 11) is -4.01. The summed E-state index contributed by atoms with van der Waals surface area (Å²) in [4.78, 5) is 11.5. The molecule has 1 aromatic rings. The van der Waals surface area contributed by atoms with E-state index in [-0.39, 0.29) is 24.3 Å². The predicted molar refractivity (Wildman–Crippen MR) is 104 cm³/mol. The normalized spacial score (nSPS) is 25.4. The number of hydrogen-bond donors (Lipinski definition) is 1. The molecule has 1 aliphatic heterocycles. The van der Waals surface area contributed by atoms with E-state index in [9.17, 15) is 18.3 Å². The van der Waals surface area contributed by atoms with Crippen molar-refractivity contribution in [3.8, 4) is 0 Å². The van der Waals surface area contributed by atoms with Gasteiger partial charge in [0.05, 0.1) is 29.6 Å². The second-order valence-electron chi connectivity index (χ2n) is 8.45. The van der Waals surface area contributed by atoms with E-state index in [0.29, 0.717) is 5.02 Å². The van der Waals surface area contributed by atoms with Gasteiger partial charge in [-0.15, -0.1) is 0 Å². The molecule has 2 rings (SSSR count). The highest BCUT2D eigenvalue weighted by Gasteiger charge is 2.53. The summed E-state index contributed by atoms with van der Waals surface area (Å²) in [6, 6.07) is 5.64. The van der Waals surface area contributed by atoms with Crippen LogP contribution in [0.25, 0.3) is 0 Å². The number of ether oxygens (including phenoxy) is 2. The van der Waals surface area contributed by atoms with E-state index in [1.54, 1.807) is 13.8 Å². The molecule has 158 valence electrons. The summed E-state index contributed by atoms with van der Waals surface area (Å²) in [6.07, 6.45) is -0.712. The van der Waals surface area contributed by atoms with Crippen molar-refractivity contribution in [2.24, 2.45) is 5.41 Å². The summed E-state index contributed by atoms with van der Waals surface area (Å²) in [6.45, 7) is 8.76. The first kappa shape index (κ1) is 23.1. The van der Waals surface area contributed by atoms with Crippen LogP contribution in [-0.2, 0) is 28.6 Å². The Morgan fingerprint density at radius 2 is 1.86 bits per heavy atom. The summed E-state index contributed by atoms with van der Waals surface area (Å²) in [5.41, 5.74) is -1.57. The van der Waals surface area contributed by atoms with Gasteiger partial charge in [0, 0.05) is 11.4 Å². The Morgan fingerprint density at radius 3 is 2.36 bits per heavy atom. The van der Waals surface area contributed by atoms with Gasteiger partial charge in [0.2, 0.25) is 0 Å². The Kier molecular flexibility index (Phi) is 6.53. The van der Waals surface area contributed by atoms with Gasteiger partial charge in [-0.3, -0.25) is 8.98 Å². The summed E-state index contributed by atoms with van der Waals surface area (Å²) in [5, 5.41) is 9.84. The van der Waals surface area contributed by atoms with Crippen LogP contribution in [0.3, 0.4) is 0 Å². The lowest BCUT2D eigenvalue weighted by Gasteiger charge is -2.53. The maximum absolute atomic E-state index is 12.4. The molecule has 7 nitrogen and oxygen atoms in total. The van der Waals surface area contributed by atoms with Gasteiger partial charge in [0.15, 0.2) is 5.79 Å². The van der Waals surface area contributed by atoms with Crippen molar-refractivity contribution >= 4 is 27.7 Å². The van der Waals surface area contributed by atoms with E-state index in [1.807, 2.05) is 20.8 Å². The minimum Gasteiger partial charge on any atom is -0.481 e. The first-order valence-corrected chi connectivity index (χ1v) is 10.7. The molecule has 1 N–H and O–H groups in total. The van der Waals surface area contributed by atoms with E-state index in [4.69, 9.17) is 25.3 Å². The molecule has 0 aromatic heterocycles. The number of carboxylic acids is 1. The second-order valence-corrected chi connectivity index (χ2v) is 10.5. The molecule has 0 spiro atoms. The molecule has 9 heteroatoms. The number of hydrogen-bond acceptors (Lipinski definition) is 6. The van der Waals surface area contributed by atoms with Gasteiger partial charge >= 0.3 is 5.97 Å². The van der Waals surface area contributed by atoms with Crippen LogP contribution in [0, 0.1) is 5.41 Å². The fraction of sp³-hybridized carbons (Fsp3) is 0.632. The van der Waals surface area contributed by atoms with Crippen molar-refractivity contribution in [2.45, 2.75) is 69.8 Å². The van der Waals surface area contributed by atoms with Crippen LogP contribution in [0.2, 0.25) is 5.02 Å². The van der Waals surface area contributed by atoms with Gasteiger partial charge < -0.3 is 14.6 Å². The van der Waals surface area contributed by atoms with Crippen LogP contribution in [-0.4, -0.2) is 43.6 Å². The zero-order chi connectivity index (χ0) is 21.4. The Balaban J connectivity index is 2.22. The van der Waals surface area contributed by atoms with Crippen molar-refractivity contribution in [1.82, 2.24) is 0 Å². The quantitative estimate of drug-likeness (QED) is 0.679. The van der Waals surface area contributed by atoms with E-state index in [2.05, 4.69) is 0 Å². The van der Waals surface area contributed by atoms with E-state index in [0.717, 1.165) is 0 Å². The average molecular weight is 435 g/mol. The molecule has 0 unspecified atom stereocenters. The smallest absolute Gasteiger partial charge is 0.306 e. The maximum atomic E-state index is 12.4. The van der Waals surface area contributed by atoms with Gasteiger partial charge in [0.1, 0.15) is 0 Å². The minimum absolute atomic E-state index is 0.0177. The third-order valence-corrected chi connectivity index (χ3v) is 6.31. The van der Waals surface area contributed by atoms with Crippen LogP contribution >= 0.6 is 11.6 Å². The lowest BCUT2D eigenvalue weighted by molar-refractivity contribution is -0.356. The summed E-state index contributed by atoms with van der Waals surface area (Å²) in [5.74, 6) is -2.10. The minimum atomic E-state index is -4.01. The molecule has 1 saturated heterocycles. The first-order valence-electron chi connectivity index (χ1n) is 8.91. The molecular formula is C19H27ClO7S. The van der Waals surface area contributed by atoms with Crippen molar-refractivity contribution in [1.29, 1.82) is 0 Å². The zero-order valence-corrected chi connectivity index (χ0v) is 18.3. The van der Waals surface area contributed by atoms with E-state index < -0.39 is 39.0 Å². The SMILES string of the molecule is CC1(C)O[C@H](COS(=O)(=O)c2ccc(Cl)cc2)C[C@@](CC(=O)O)(C(C)(C)C)O1. The average Bonchev–Trinajstić information content (AvgIpc) is 2.50. The summed E-state index contributed by atoms with van der Waals surface area (Å²) < 4.78 is 42.0. The molecular weight excluding hydrogens is 408 g/mol.